The molecule has 4 rings (SSSR count). The molecule has 25 heavy (non-hydrogen) atoms. The lowest BCUT2D eigenvalue weighted by Gasteiger charge is -2.37. The van der Waals surface area contributed by atoms with Gasteiger partial charge >= 0.3 is 0 Å². The van der Waals surface area contributed by atoms with Crippen LogP contribution < -0.4 is 4.90 Å². The summed E-state index contributed by atoms with van der Waals surface area (Å²) in [5, 5.41) is 14.8. The Morgan fingerprint density at radius 3 is 2.84 bits per heavy atom. The lowest BCUT2D eigenvalue weighted by Crippen LogP contribution is -2.43. The molecule has 132 valence electrons. The van der Waals surface area contributed by atoms with Crippen LogP contribution in [0.15, 0.2) is 23.7 Å². The first-order valence-corrected chi connectivity index (χ1v) is 9.32. The number of hydrogen-bond acceptors (Lipinski definition) is 7. The van der Waals surface area contributed by atoms with Crippen molar-refractivity contribution in [1.82, 2.24) is 25.0 Å². The highest BCUT2D eigenvalue weighted by molar-refractivity contribution is 7.09. The predicted molar refractivity (Wildman–Crippen MR) is 97.1 cm³/mol. The van der Waals surface area contributed by atoms with Gasteiger partial charge in [-0.25, -0.2) is 4.98 Å². The zero-order chi connectivity index (χ0) is 17.6. The van der Waals surface area contributed by atoms with E-state index in [-0.39, 0.29) is 17.6 Å². The van der Waals surface area contributed by atoms with E-state index in [0.29, 0.717) is 0 Å². The molecule has 4 heterocycles. The van der Waals surface area contributed by atoms with Gasteiger partial charge in [-0.2, -0.15) is 4.52 Å². The van der Waals surface area contributed by atoms with Crippen LogP contribution in [0, 0.1) is 0 Å². The molecule has 0 unspecified atom stereocenters. The van der Waals surface area contributed by atoms with Crippen LogP contribution in [0.25, 0.3) is 5.65 Å². The van der Waals surface area contributed by atoms with E-state index in [9.17, 15) is 0 Å². The summed E-state index contributed by atoms with van der Waals surface area (Å²) in [4.78, 5) is 7.16. The predicted octanol–water partition coefficient (Wildman–Crippen LogP) is 2.84. The summed E-state index contributed by atoms with van der Waals surface area (Å²) >= 11 is 1.69. The van der Waals surface area contributed by atoms with E-state index >= 15 is 0 Å². The molecule has 7 nitrogen and oxygen atoms in total. The van der Waals surface area contributed by atoms with Crippen LogP contribution in [0.5, 0.6) is 0 Å². The Bertz CT molecular complexity index is 883. The summed E-state index contributed by atoms with van der Waals surface area (Å²) in [6.07, 6.45) is 2.08. The Morgan fingerprint density at radius 1 is 1.24 bits per heavy atom. The van der Waals surface area contributed by atoms with Crippen molar-refractivity contribution in [2.75, 3.05) is 18.0 Å². The molecule has 1 aliphatic heterocycles. The van der Waals surface area contributed by atoms with Crippen LogP contribution in [0.2, 0.25) is 0 Å². The molecule has 0 bridgehead atoms. The van der Waals surface area contributed by atoms with E-state index in [0.717, 1.165) is 35.1 Å². The quantitative estimate of drug-likeness (QED) is 0.702. The first kappa shape index (κ1) is 16.4. The fourth-order valence-electron chi connectivity index (χ4n) is 3.00. The number of fused-ring (bicyclic) bond motifs is 1. The SMILES string of the molecule is C[C@@H]1CN(c2ccc3nnnn3c2)C[C@@H](c2nc(C(C)(C)C)cs2)O1. The van der Waals surface area contributed by atoms with E-state index in [2.05, 4.69) is 59.6 Å². The number of thiazole rings is 1. The Kier molecular flexibility index (Phi) is 3.96. The van der Waals surface area contributed by atoms with Gasteiger partial charge in [-0.1, -0.05) is 20.8 Å². The zero-order valence-corrected chi connectivity index (χ0v) is 15.7. The molecule has 0 aliphatic carbocycles. The van der Waals surface area contributed by atoms with Crippen LogP contribution in [-0.4, -0.2) is 44.2 Å². The molecular weight excluding hydrogens is 336 g/mol. The molecule has 0 aromatic carbocycles. The Hall–Kier alpha value is -2.06. The van der Waals surface area contributed by atoms with Crippen molar-refractivity contribution < 1.29 is 4.74 Å². The van der Waals surface area contributed by atoms with Crippen molar-refractivity contribution in [3.8, 4) is 0 Å². The Morgan fingerprint density at radius 2 is 2.08 bits per heavy atom. The van der Waals surface area contributed by atoms with Crippen LogP contribution in [0.1, 0.15) is 44.5 Å². The average molecular weight is 358 g/mol. The second kappa shape index (κ2) is 6.03. The molecular formula is C17H22N6OS. The molecule has 0 N–H and O–H groups in total. The van der Waals surface area contributed by atoms with Gasteiger partial charge in [-0.3, -0.25) is 0 Å². The third-order valence-electron chi connectivity index (χ3n) is 4.37. The smallest absolute Gasteiger partial charge is 0.179 e. The molecule has 0 amide bonds. The second-order valence-corrected chi connectivity index (χ2v) is 8.42. The average Bonchev–Trinajstić information content (AvgIpc) is 3.22. The molecule has 1 fully saturated rings. The van der Waals surface area contributed by atoms with Gasteiger partial charge in [0.1, 0.15) is 11.1 Å². The lowest BCUT2D eigenvalue weighted by molar-refractivity contribution is -0.0175. The first-order valence-electron chi connectivity index (χ1n) is 8.44. The highest BCUT2D eigenvalue weighted by Gasteiger charge is 2.30. The number of pyridine rings is 1. The van der Waals surface area contributed by atoms with Crippen molar-refractivity contribution >= 4 is 22.7 Å². The number of aromatic nitrogens is 5. The van der Waals surface area contributed by atoms with Gasteiger partial charge in [0, 0.05) is 17.3 Å². The van der Waals surface area contributed by atoms with Crippen molar-refractivity contribution in [1.29, 1.82) is 0 Å². The van der Waals surface area contributed by atoms with Crippen LogP contribution >= 0.6 is 11.3 Å². The number of anilines is 1. The van der Waals surface area contributed by atoms with Crippen molar-refractivity contribution in [3.63, 3.8) is 0 Å². The molecule has 8 heteroatoms. The summed E-state index contributed by atoms with van der Waals surface area (Å²) in [6.45, 7) is 10.3. The third kappa shape index (κ3) is 3.23. The molecule has 0 radical (unpaired) electrons. The minimum absolute atomic E-state index is 0.0191. The number of hydrogen-bond donors (Lipinski definition) is 0. The normalized spacial score (nSPS) is 21.8. The highest BCUT2D eigenvalue weighted by Crippen LogP contribution is 2.33. The minimum Gasteiger partial charge on any atom is -0.365 e. The van der Waals surface area contributed by atoms with Crippen molar-refractivity contribution in [3.05, 3.63) is 34.4 Å². The van der Waals surface area contributed by atoms with E-state index in [1.165, 1.54) is 0 Å². The Labute approximate surface area is 150 Å². The fourth-order valence-corrected chi connectivity index (χ4v) is 4.07. The maximum Gasteiger partial charge on any atom is 0.179 e. The minimum atomic E-state index is -0.0191. The van der Waals surface area contributed by atoms with Gasteiger partial charge < -0.3 is 9.64 Å². The number of morpholine rings is 1. The maximum atomic E-state index is 6.18. The summed E-state index contributed by atoms with van der Waals surface area (Å²) in [5.41, 5.74) is 3.01. The first-order chi connectivity index (χ1) is 11.9. The number of rotatable bonds is 2. The summed E-state index contributed by atoms with van der Waals surface area (Å²) in [5.74, 6) is 0. The summed E-state index contributed by atoms with van der Waals surface area (Å²) in [7, 11) is 0. The van der Waals surface area contributed by atoms with Gasteiger partial charge in [-0.05, 0) is 29.5 Å². The van der Waals surface area contributed by atoms with E-state index in [4.69, 9.17) is 9.72 Å². The van der Waals surface area contributed by atoms with Gasteiger partial charge in [0.05, 0.1) is 30.2 Å². The highest BCUT2D eigenvalue weighted by atomic mass is 32.1. The van der Waals surface area contributed by atoms with Gasteiger partial charge in [-0.15, -0.1) is 16.4 Å². The summed E-state index contributed by atoms with van der Waals surface area (Å²) in [6, 6.07) is 3.99. The summed E-state index contributed by atoms with van der Waals surface area (Å²) < 4.78 is 7.88. The zero-order valence-electron chi connectivity index (χ0n) is 14.9. The second-order valence-electron chi connectivity index (χ2n) is 7.53. The van der Waals surface area contributed by atoms with Crippen LogP contribution in [0.3, 0.4) is 0 Å². The van der Waals surface area contributed by atoms with Gasteiger partial charge in [0.2, 0.25) is 0 Å². The maximum absolute atomic E-state index is 6.18. The molecule has 1 saturated heterocycles. The number of tetrazole rings is 1. The number of ether oxygens (including phenoxy) is 1. The van der Waals surface area contributed by atoms with Crippen LogP contribution in [-0.2, 0) is 10.2 Å². The van der Waals surface area contributed by atoms with Crippen molar-refractivity contribution in [2.45, 2.75) is 45.3 Å². The largest absolute Gasteiger partial charge is 0.365 e. The monoisotopic (exact) mass is 358 g/mol. The van der Waals surface area contributed by atoms with Crippen molar-refractivity contribution in [2.24, 2.45) is 0 Å². The van der Waals surface area contributed by atoms with E-state index in [1.807, 2.05) is 12.3 Å². The lowest BCUT2D eigenvalue weighted by atomic mass is 9.93. The van der Waals surface area contributed by atoms with Crippen LogP contribution in [0.4, 0.5) is 5.69 Å². The fraction of sp³-hybridized carbons (Fsp3) is 0.529. The molecule has 1 aliphatic rings. The topological polar surface area (TPSA) is 68.4 Å². The standard InChI is InChI=1S/C17H22N6OS/c1-11-7-22(12-5-6-15-19-20-21-23(15)8-12)9-13(24-11)16-18-14(10-25-16)17(2,3)4/h5-6,8,10-11,13H,7,9H2,1-4H3/t11-,13+/m1/s1. The van der Waals surface area contributed by atoms with E-state index in [1.54, 1.807) is 15.9 Å². The van der Waals surface area contributed by atoms with Gasteiger partial charge in [0.25, 0.3) is 0 Å². The number of nitrogens with zero attached hydrogens (tertiary/aromatic N) is 6. The third-order valence-corrected chi connectivity index (χ3v) is 5.30. The molecule has 0 spiro atoms. The van der Waals surface area contributed by atoms with E-state index < -0.39 is 0 Å². The molecule has 2 atom stereocenters. The Balaban J connectivity index is 1.59. The molecule has 0 saturated carbocycles. The molecule has 3 aromatic heterocycles. The van der Waals surface area contributed by atoms with Gasteiger partial charge in [0.15, 0.2) is 5.65 Å². The molecule has 3 aromatic rings.